The molecule has 1 atom stereocenters. The second kappa shape index (κ2) is 9.68. The van der Waals surface area contributed by atoms with Crippen LogP contribution in [0.4, 0.5) is 5.13 Å². The number of nitrogens with one attached hydrogen (secondary N) is 1. The van der Waals surface area contributed by atoms with E-state index in [1.807, 2.05) is 5.38 Å². The molecule has 1 aromatic carbocycles. The first-order valence-corrected chi connectivity index (χ1v) is 13.3. The summed E-state index contributed by atoms with van der Waals surface area (Å²) < 4.78 is 33.0. The lowest BCUT2D eigenvalue weighted by atomic mass is 9.94. The zero-order chi connectivity index (χ0) is 22.7. The molecule has 2 aliphatic carbocycles. The van der Waals surface area contributed by atoms with Crippen molar-refractivity contribution in [1.82, 2.24) is 9.71 Å². The summed E-state index contributed by atoms with van der Waals surface area (Å²) in [7, 11) is -3.70. The molecular formula is C22H27N3O5S2. The van der Waals surface area contributed by atoms with E-state index in [0.717, 1.165) is 44.9 Å². The van der Waals surface area contributed by atoms with Gasteiger partial charge in [0.2, 0.25) is 10.0 Å². The van der Waals surface area contributed by atoms with E-state index in [1.165, 1.54) is 35.6 Å². The molecule has 0 spiro atoms. The van der Waals surface area contributed by atoms with E-state index in [0.29, 0.717) is 5.13 Å². The number of amides is 1. The predicted octanol–water partition coefficient (Wildman–Crippen LogP) is 3.50. The number of anilines is 1. The number of carbonyl (C=O) groups excluding carboxylic acids is 2. The number of ether oxygens (including phenoxy) is 1. The van der Waals surface area contributed by atoms with Gasteiger partial charge in [0.25, 0.3) is 5.91 Å². The van der Waals surface area contributed by atoms with Gasteiger partial charge in [-0.25, -0.2) is 22.9 Å². The molecule has 2 aromatic rings. The van der Waals surface area contributed by atoms with Gasteiger partial charge in [0.15, 0.2) is 11.2 Å². The van der Waals surface area contributed by atoms with Crippen molar-refractivity contribution in [3.63, 3.8) is 0 Å². The van der Waals surface area contributed by atoms with Gasteiger partial charge in [-0.1, -0.05) is 25.3 Å². The SMILES string of the molecule is CC(OC(=O)c1cccc(S(=O)(=O)NC2CC2)c1)C(=O)N(c1nccs1)C1CCCCC1. The Morgan fingerprint density at radius 2 is 1.94 bits per heavy atom. The Kier molecular flexibility index (Phi) is 6.92. The number of thiazole rings is 1. The van der Waals surface area contributed by atoms with Gasteiger partial charge >= 0.3 is 5.97 Å². The van der Waals surface area contributed by atoms with Crippen LogP contribution in [0.25, 0.3) is 0 Å². The van der Waals surface area contributed by atoms with E-state index < -0.39 is 22.1 Å². The second-order valence-corrected chi connectivity index (χ2v) is 10.9. The lowest BCUT2D eigenvalue weighted by molar-refractivity contribution is -0.127. The van der Waals surface area contributed by atoms with E-state index >= 15 is 0 Å². The van der Waals surface area contributed by atoms with Crippen molar-refractivity contribution in [1.29, 1.82) is 0 Å². The normalized spacial score (nSPS) is 18.2. The topological polar surface area (TPSA) is 106 Å². The minimum Gasteiger partial charge on any atom is -0.449 e. The molecule has 8 nitrogen and oxygen atoms in total. The average Bonchev–Trinajstić information content (AvgIpc) is 3.43. The number of nitrogens with zero attached hydrogens (tertiary/aromatic N) is 2. The highest BCUT2D eigenvalue weighted by molar-refractivity contribution is 7.89. The third kappa shape index (κ3) is 5.36. The van der Waals surface area contributed by atoms with Crippen LogP contribution in [0.5, 0.6) is 0 Å². The summed E-state index contributed by atoms with van der Waals surface area (Å²) in [5, 5.41) is 2.42. The minimum atomic E-state index is -3.70. The van der Waals surface area contributed by atoms with Crippen LogP contribution in [-0.4, -0.2) is 43.5 Å². The van der Waals surface area contributed by atoms with Gasteiger partial charge in [-0.2, -0.15) is 0 Å². The molecule has 1 aromatic heterocycles. The molecule has 2 saturated carbocycles. The van der Waals surface area contributed by atoms with Crippen LogP contribution in [0, 0.1) is 0 Å². The molecule has 1 amide bonds. The smallest absolute Gasteiger partial charge is 0.338 e. The van der Waals surface area contributed by atoms with Gasteiger partial charge in [-0.15, -0.1) is 11.3 Å². The molecule has 1 heterocycles. The maximum absolute atomic E-state index is 13.3. The van der Waals surface area contributed by atoms with Crippen LogP contribution in [0.1, 0.15) is 62.2 Å². The first-order chi connectivity index (χ1) is 15.3. The third-order valence-corrected chi connectivity index (χ3v) is 8.00. The van der Waals surface area contributed by atoms with Crippen molar-refractivity contribution in [3.05, 3.63) is 41.4 Å². The van der Waals surface area contributed by atoms with Crippen molar-refractivity contribution < 1.29 is 22.7 Å². The minimum absolute atomic E-state index is 0.00412. The Bertz CT molecular complexity index is 1060. The second-order valence-electron chi connectivity index (χ2n) is 8.29. The molecule has 0 aliphatic heterocycles. The maximum atomic E-state index is 13.3. The highest BCUT2D eigenvalue weighted by atomic mass is 32.2. The molecule has 1 unspecified atom stereocenters. The van der Waals surface area contributed by atoms with Crippen LogP contribution in [0.2, 0.25) is 0 Å². The zero-order valence-corrected chi connectivity index (χ0v) is 19.5. The van der Waals surface area contributed by atoms with Gasteiger partial charge in [-0.3, -0.25) is 9.69 Å². The van der Waals surface area contributed by atoms with Crippen LogP contribution in [0.3, 0.4) is 0 Å². The standard InChI is InChI=1S/C22H27N3O5S2/c1-15(20(26)25(22-23-12-13-31-22)18-7-3-2-4-8-18)30-21(27)16-6-5-9-19(14-16)32(28,29)24-17-10-11-17/h5-6,9,12-15,17-18,24H,2-4,7-8,10-11H2,1H3. The van der Waals surface area contributed by atoms with Crippen molar-refractivity contribution in [2.45, 2.75) is 75.0 Å². The van der Waals surface area contributed by atoms with E-state index in [2.05, 4.69) is 9.71 Å². The van der Waals surface area contributed by atoms with Crippen molar-refractivity contribution in [2.75, 3.05) is 4.90 Å². The van der Waals surface area contributed by atoms with E-state index in [4.69, 9.17) is 4.74 Å². The summed E-state index contributed by atoms with van der Waals surface area (Å²) >= 11 is 1.38. The summed E-state index contributed by atoms with van der Waals surface area (Å²) in [6.07, 6.45) is 7.28. The van der Waals surface area contributed by atoms with Crippen LogP contribution < -0.4 is 9.62 Å². The fourth-order valence-corrected chi connectivity index (χ4v) is 5.93. The van der Waals surface area contributed by atoms with Gasteiger partial charge in [0.05, 0.1) is 10.5 Å². The quantitative estimate of drug-likeness (QED) is 0.584. The summed E-state index contributed by atoms with van der Waals surface area (Å²) in [5.74, 6) is -1.06. The summed E-state index contributed by atoms with van der Waals surface area (Å²) in [4.78, 5) is 32.0. The highest BCUT2D eigenvalue weighted by Gasteiger charge is 2.33. The monoisotopic (exact) mass is 477 g/mol. The molecule has 4 rings (SSSR count). The zero-order valence-electron chi connectivity index (χ0n) is 17.9. The maximum Gasteiger partial charge on any atom is 0.338 e. The van der Waals surface area contributed by atoms with E-state index in [-0.39, 0.29) is 28.4 Å². The van der Waals surface area contributed by atoms with Gasteiger partial charge in [-0.05, 0) is 50.8 Å². The Morgan fingerprint density at radius 1 is 1.19 bits per heavy atom. The van der Waals surface area contributed by atoms with Crippen LogP contribution in [0.15, 0.2) is 40.7 Å². The molecule has 0 radical (unpaired) electrons. The van der Waals surface area contributed by atoms with Gasteiger partial charge < -0.3 is 4.74 Å². The lowest BCUT2D eigenvalue weighted by Gasteiger charge is -2.33. The first kappa shape index (κ1) is 22.9. The summed E-state index contributed by atoms with van der Waals surface area (Å²) in [6, 6.07) is 5.69. The lowest BCUT2D eigenvalue weighted by Crippen LogP contribution is -2.47. The van der Waals surface area contributed by atoms with Crippen molar-refractivity contribution in [3.8, 4) is 0 Å². The summed E-state index contributed by atoms with van der Waals surface area (Å²) in [6.45, 7) is 1.54. The fourth-order valence-electron chi connectivity index (χ4n) is 3.86. The van der Waals surface area contributed by atoms with E-state index in [1.54, 1.807) is 18.0 Å². The van der Waals surface area contributed by atoms with Gasteiger partial charge in [0.1, 0.15) is 0 Å². The molecular weight excluding hydrogens is 450 g/mol. The number of sulfonamides is 1. The Balaban J connectivity index is 1.47. The number of esters is 1. The van der Waals surface area contributed by atoms with Gasteiger partial charge in [0, 0.05) is 23.7 Å². The molecule has 10 heteroatoms. The molecule has 2 fully saturated rings. The third-order valence-electron chi connectivity index (χ3n) is 5.71. The Hall–Kier alpha value is -2.30. The molecule has 2 aliphatic rings. The number of hydrogen-bond donors (Lipinski definition) is 1. The number of aromatic nitrogens is 1. The van der Waals surface area contributed by atoms with Crippen LogP contribution in [-0.2, 0) is 19.6 Å². The molecule has 0 bridgehead atoms. The van der Waals surface area contributed by atoms with Crippen molar-refractivity contribution in [2.24, 2.45) is 0 Å². The average molecular weight is 478 g/mol. The molecule has 172 valence electrons. The Morgan fingerprint density at radius 3 is 2.59 bits per heavy atom. The summed E-state index contributed by atoms with van der Waals surface area (Å²) in [5.41, 5.74) is 0.0850. The molecule has 0 saturated heterocycles. The fraction of sp³-hybridized carbons (Fsp3) is 0.500. The Labute approximate surface area is 192 Å². The molecule has 32 heavy (non-hydrogen) atoms. The van der Waals surface area contributed by atoms with Crippen molar-refractivity contribution >= 4 is 38.4 Å². The highest BCUT2D eigenvalue weighted by Crippen LogP contribution is 2.30. The first-order valence-electron chi connectivity index (χ1n) is 10.9. The van der Waals surface area contributed by atoms with Crippen LogP contribution >= 0.6 is 11.3 Å². The van der Waals surface area contributed by atoms with E-state index in [9.17, 15) is 18.0 Å². The number of carbonyl (C=O) groups is 2. The number of hydrogen-bond acceptors (Lipinski definition) is 7. The number of benzene rings is 1. The molecule has 1 N–H and O–H groups in total. The predicted molar refractivity (Wildman–Crippen MR) is 121 cm³/mol. The number of rotatable bonds is 8. The largest absolute Gasteiger partial charge is 0.449 e.